The molecule has 1 heterocycles. The van der Waals surface area contributed by atoms with Gasteiger partial charge in [0.05, 0.1) is 0 Å². The molecule has 0 aromatic carbocycles. The Labute approximate surface area is 114 Å². The highest BCUT2D eigenvalue weighted by atomic mass is 32.2. The highest BCUT2D eigenvalue weighted by Gasteiger charge is 2.39. The molecule has 1 saturated heterocycles. The summed E-state index contributed by atoms with van der Waals surface area (Å²) in [6.07, 6.45) is 5.08. The first-order chi connectivity index (χ1) is 8.84. The van der Waals surface area contributed by atoms with E-state index >= 15 is 0 Å². The van der Waals surface area contributed by atoms with Crippen LogP contribution in [0.25, 0.3) is 0 Å². The van der Waals surface area contributed by atoms with E-state index in [2.05, 4.69) is 11.6 Å². The number of hydrogen-bond acceptors (Lipinski definition) is 3. The molecule has 2 fully saturated rings. The van der Waals surface area contributed by atoms with E-state index in [1.54, 1.807) is 0 Å². The fourth-order valence-corrected chi connectivity index (χ4v) is 4.34. The minimum atomic E-state index is -3.68. The molecule has 2 aliphatic rings. The molecule has 0 aromatic rings. The van der Waals surface area contributed by atoms with E-state index in [9.17, 15) is 13.2 Å². The van der Waals surface area contributed by atoms with Crippen molar-refractivity contribution in [3.63, 3.8) is 0 Å². The predicted molar refractivity (Wildman–Crippen MR) is 70.9 cm³/mol. The van der Waals surface area contributed by atoms with Crippen LogP contribution in [0.3, 0.4) is 0 Å². The fourth-order valence-electron chi connectivity index (χ4n) is 2.74. The average molecular weight is 290 g/mol. The molecule has 6 nitrogen and oxygen atoms in total. The zero-order valence-electron chi connectivity index (χ0n) is 11.3. The number of piperidine rings is 1. The van der Waals surface area contributed by atoms with E-state index in [1.807, 2.05) is 0 Å². The number of aliphatic carboxylic acids is 1. The van der Waals surface area contributed by atoms with Crippen LogP contribution < -0.4 is 4.72 Å². The Morgan fingerprint density at radius 2 is 2.05 bits per heavy atom. The van der Waals surface area contributed by atoms with Crippen LogP contribution in [0.4, 0.5) is 0 Å². The molecule has 0 spiro atoms. The summed E-state index contributed by atoms with van der Waals surface area (Å²) in [5.74, 6) is -1.06. The van der Waals surface area contributed by atoms with Crippen molar-refractivity contribution in [1.29, 1.82) is 0 Å². The SMILES string of the molecule is CC1(CNS(=O)(=O)N2CCCCC2C(=O)O)CCC1. The molecule has 2 N–H and O–H groups in total. The molecule has 19 heavy (non-hydrogen) atoms. The van der Waals surface area contributed by atoms with Gasteiger partial charge in [-0.2, -0.15) is 12.7 Å². The van der Waals surface area contributed by atoms with Gasteiger partial charge in [0.15, 0.2) is 0 Å². The smallest absolute Gasteiger partial charge is 0.322 e. The molecule has 1 aliphatic carbocycles. The summed E-state index contributed by atoms with van der Waals surface area (Å²) < 4.78 is 28.2. The average Bonchev–Trinajstić information content (AvgIpc) is 2.34. The van der Waals surface area contributed by atoms with Crippen LogP contribution in [0, 0.1) is 5.41 Å². The molecular formula is C12H22N2O4S. The van der Waals surface area contributed by atoms with Gasteiger partial charge in [-0.05, 0) is 37.5 Å². The van der Waals surface area contributed by atoms with E-state index in [4.69, 9.17) is 5.11 Å². The molecular weight excluding hydrogens is 268 g/mol. The normalized spacial score (nSPS) is 27.7. The highest BCUT2D eigenvalue weighted by molar-refractivity contribution is 7.87. The first-order valence-electron chi connectivity index (χ1n) is 6.83. The molecule has 0 aromatic heterocycles. The molecule has 1 atom stereocenters. The van der Waals surface area contributed by atoms with E-state index < -0.39 is 22.2 Å². The van der Waals surface area contributed by atoms with Crippen molar-refractivity contribution in [3.05, 3.63) is 0 Å². The van der Waals surface area contributed by atoms with Crippen LogP contribution in [-0.4, -0.2) is 42.9 Å². The molecule has 7 heteroatoms. The van der Waals surface area contributed by atoms with Crippen molar-refractivity contribution in [1.82, 2.24) is 9.03 Å². The second-order valence-corrected chi connectivity index (χ2v) is 7.66. The Bertz CT molecular complexity index is 445. The minimum Gasteiger partial charge on any atom is -0.480 e. The van der Waals surface area contributed by atoms with Crippen LogP contribution in [0.15, 0.2) is 0 Å². The summed E-state index contributed by atoms with van der Waals surface area (Å²) in [7, 11) is -3.68. The van der Waals surface area contributed by atoms with Crippen molar-refractivity contribution in [2.45, 2.75) is 51.5 Å². The predicted octanol–water partition coefficient (Wildman–Crippen LogP) is 0.950. The maximum Gasteiger partial charge on any atom is 0.322 e. The Hall–Kier alpha value is -0.660. The maximum absolute atomic E-state index is 12.2. The number of hydrogen-bond donors (Lipinski definition) is 2. The van der Waals surface area contributed by atoms with Crippen LogP contribution in [0.5, 0.6) is 0 Å². The van der Waals surface area contributed by atoms with Gasteiger partial charge < -0.3 is 5.11 Å². The summed E-state index contributed by atoms with van der Waals surface area (Å²) in [5, 5.41) is 9.12. The zero-order valence-corrected chi connectivity index (χ0v) is 12.1. The number of rotatable bonds is 5. The summed E-state index contributed by atoms with van der Waals surface area (Å²) >= 11 is 0. The van der Waals surface area contributed by atoms with Crippen molar-refractivity contribution in [2.75, 3.05) is 13.1 Å². The number of nitrogens with one attached hydrogen (secondary N) is 1. The first-order valence-corrected chi connectivity index (χ1v) is 8.27. The van der Waals surface area contributed by atoms with Crippen molar-refractivity contribution in [3.8, 4) is 0 Å². The highest BCUT2D eigenvalue weighted by Crippen LogP contribution is 2.39. The van der Waals surface area contributed by atoms with Crippen LogP contribution in [-0.2, 0) is 15.0 Å². The van der Waals surface area contributed by atoms with Crippen LogP contribution in [0.2, 0.25) is 0 Å². The van der Waals surface area contributed by atoms with Gasteiger partial charge in [-0.1, -0.05) is 13.3 Å². The lowest BCUT2D eigenvalue weighted by Crippen LogP contribution is -2.54. The maximum atomic E-state index is 12.2. The standard InChI is InChI=1S/C12H22N2O4S/c1-12(6-4-7-12)9-13-19(17,18)14-8-3-2-5-10(14)11(15)16/h10,13H,2-9H2,1H3,(H,15,16). The molecule has 110 valence electrons. The van der Waals surface area contributed by atoms with E-state index in [1.165, 1.54) is 0 Å². The molecule has 2 rings (SSSR count). The van der Waals surface area contributed by atoms with Gasteiger partial charge in [0.2, 0.25) is 0 Å². The monoisotopic (exact) mass is 290 g/mol. The van der Waals surface area contributed by atoms with Gasteiger partial charge in [0.25, 0.3) is 10.2 Å². The van der Waals surface area contributed by atoms with Gasteiger partial charge in [-0.3, -0.25) is 4.79 Å². The van der Waals surface area contributed by atoms with Crippen molar-refractivity contribution < 1.29 is 18.3 Å². The summed E-state index contributed by atoms with van der Waals surface area (Å²) in [6.45, 7) is 2.76. The van der Waals surface area contributed by atoms with E-state index in [0.29, 0.717) is 19.5 Å². The quantitative estimate of drug-likeness (QED) is 0.789. The molecule has 0 radical (unpaired) electrons. The summed E-state index contributed by atoms with van der Waals surface area (Å²) in [6, 6.07) is -0.916. The Kier molecular flexibility index (Phi) is 4.17. The van der Waals surface area contributed by atoms with Gasteiger partial charge in [-0.15, -0.1) is 0 Å². The topological polar surface area (TPSA) is 86.7 Å². The van der Waals surface area contributed by atoms with Crippen LogP contribution in [0.1, 0.15) is 45.4 Å². The van der Waals surface area contributed by atoms with Crippen molar-refractivity contribution >= 4 is 16.2 Å². The van der Waals surface area contributed by atoms with Crippen LogP contribution >= 0.6 is 0 Å². The molecule has 1 saturated carbocycles. The van der Waals surface area contributed by atoms with Gasteiger partial charge in [0, 0.05) is 13.1 Å². The number of nitrogens with zero attached hydrogens (tertiary/aromatic N) is 1. The minimum absolute atomic E-state index is 0.0432. The largest absolute Gasteiger partial charge is 0.480 e. The third-order valence-electron chi connectivity index (χ3n) is 4.29. The number of carboxylic acid groups (broad SMARTS) is 1. The van der Waals surface area contributed by atoms with Gasteiger partial charge >= 0.3 is 5.97 Å². The van der Waals surface area contributed by atoms with E-state index in [0.717, 1.165) is 36.4 Å². The zero-order chi connectivity index (χ0) is 14.1. The first kappa shape index (κ1) is 14.7. The molecule has 1 aliphatic heterocycles. The summed E-state index contributed by atoms with van der Waals surface area (Å²) in [4.78, 5) is 11.1. The Morgan fingerprint density at radius 1 is 1.37 bits per heavy atom. The van der Waals surface area contributed by atoms with Gasteiger partial charge in [0.1, 0.15) is 6.04 Å². The number of carbonyl (C=O) groups is 1. The number of carboxylic acids is 1. The van der Waals surface area contributed by atoms with Gasteiger partial charge in [-0.25, -0.2) is 4.72 Å². The lowest BCUT2D eigenvalue weighted by Gasteiger charge is -2.39. The lowest BCUT2D eigenvalue weighted by atomic mass is 9.71. The molecule has 1 unspecified atom stereocenters. The second-order valence-electron chi connectivity index (χ2n) is 5.95. The third kappa shape index (κ3) is 3.27. The summed E-state index contributed by atoms with van der Waals surface area (Å²) in [5.41, 5.74) is 0.0432. The second kappa shape index (κ2) is 5.38. The molecule has 0 bridgehead atoms. The van der Waals surface area contributed by atoms with Crippen molar-refractivity contribution in [2.24, 2.45) is 5.41 Å². The third-order valence-corrected chi connectivity index (χ3v) is 5.85. The van der Waals surface area contributed by atoms with E-state index in [-0.39, 0.29) is 5.41 Å². The Morgan fingerprint density at radius 3 is 2.58 bits per heavy atom. The Balaban J connectivity index is 2.02. The molecule has 0 amide bonds. The fraction of sp³-hybridized carbons (Fsp3) is 0.917. The lowest BCUT2D eigenvalue weighted by molar-refractivity contribution is -0.142.